The van der Waals surface area contributed by atoms with E-state index in [4.69, 9.17) is 16.9 Å². The van der Waals surface area contributed by atoms with Crippen molar-refractivity contribution in [3.05, 3.63) is 69.7 Å². The van der Waals surface area contributed by atoms with Crippen LogP contribution in [0.5, 0.6) is 0 Å². The second kappa shape index (κ2) is 6.66. The lowest BCUT2D eigenvalue weighted by molar-refractivity contribution is 0.509. The summed E-state index contributed by atoms with van der Waals surface area (Å²) in [6.45, 7) is 1.87. The van der Waals surface area contributed by atoms with Gasteiger partial charge >= 0.3 is 0 Å². The van der Waals surface area contributed by atoms with Crippen LogP contribution in [0.2, 0.25) is 5.02 Å². The van der Waals surface area contributed by atoms with E-state index in [1.54, 1.807) is 12.1 Å². The van der Waals surface area contributed by atoms with Crippen molar-refractivity contribution < 1.29 is 8.78 Å². The Labute approximate surface area is 127 Å². The van der Waals surface area contributed by atoms with Gasteiger partial charge in [0.1, 0.15) is 11.6 Å². The van der Waals surface area contributed by atoms with Crippen molar-refractivity contribution in [1.29, 1.82) is 5.26 Å². The molecule has 0 radical (unpaired) electrons. The lowest BCUT2D eigenvalue weighted by Gasteiger charge is -2.16. The van der Waals surface area contributed by atoms with E-state index in [1.165, 1.54) is 0 Å². The number of hydrogen-bond donors (Lipinski definition) is 1. The molecule has 0 aliphatic carbocycles. The Morgan fingerprint density at radius 3 is 2.43 bits per heavy atom. The quantitative estimate of drug-likeness (QED) is 0.912. The van der Waals surface area contributed by atoms with Crippen molar-refractivity contribution in [2.45, 2.75) is 19.5 Å². The first-order valence-electron chi connectivity index (χ1n) is 6.38. The van der Waals surface area contributed by atoms with Gasteiger partial charge in [-0.1, -0.05) is 29.8 Å². The van der Waals surface area contributed by atoms with E-state index in [0.29, 0.717) is 5.02 Å². The summed E-state index contributed by atoms with van der Waals surface area (Å²) in [6.07, 6.45) is 0. The molecule has 1 unspecified atom stereocenters. The molecule has 5 heteroatoms. The fourth-order valence-corrected chi connectivity index (χ4v) is 2.33. The van der Waals surface area contributed by atoms with Gasteiger partial charge in [-0.15, -0.1) is 0 Å². The predicted molar refractivity (Wildman–Crippen MR) is 77.8 cm³/mol. The largest absolute Gasteiger partial charge is 0.306 e. The maximum atomic E-state index is 13.8. The minimum atomic E-state index is -0.731. The summed E-state index contributed by atoms with van der Waals surface area (Å²) in [5.74, 6) is -1.46. The third-order valence-electron chi connectivity index (χ3n) is 3.23. The minimum absolute atomic E-state index is 0.00969. The highest BCUT2D eigenvalue weighted by molar-refractivity contribution is 6.31. The third kappa shape index (κ3) is 3.57. The summed E-state index contributed by atoms with van der Waals surface area (Å²) in [7, 11) is 0. The topological polar surface area (TPSA) is 35.8 Å². The smallest absolute Gasteiger partial charge is 0.131 e. The van der Waals surface area contributed by atoms with Gasteiger partial charge in [0.2, 0.25) is 0 Å². The molecule has 2 aromatic carbocycles. The minimum Gasteiger partial charge on any atom is -0.306 e. The Hall–Kier alpha value is -1.96. The third-order valence-corrected chi connectivity index (χ3v) is 3.57. The van der Waals surface area contributed by atoms with Crippen molar-refractivity contribution in [1.82, 2.24) is 5.32 Å². The van der Waals surface area contributed by atoms with Crippen LogP contribution >= 0.6 is 11.6 Å². The molecule has 1 atom stereocenters. The van der Waals surface area contributed by atoms with Crippen molar-refractivity contribution in [2.75, 3.05) is 0 Å². The molecule has 2 rings (SSSR count). The van der Waals surface area contributed by atoms with Gasteiger partial charge in [-0.3, -0.25) is 0 Å². The number of benzene rings is 2. The molecule has 0 aliphatic heterocycles. The second-order valence-electron chi connectivity index (χ2n) is 4.65. The predicted octanol–water partition coefficient (Wildman–Crippen LogP) is 4.34. The van der Waals surface area contributed by atoms with Crippen molar-refractivity contribution in [2.24, 2.45) is 0 Å². The van der Waals surface area contributed by atoms with E-state index in [1.807, 2.05) is 25.1 Å². The fourth-order valence-electron chi connectivity index (χ4n) is 2.03. The Morgan fingerprint density at radius 2 is 1.86 bits per heavy atom. The molecule has 0 spiro atoms. The molecule has 2 nitrogen and oxygen atoms in total. The Kier molecular flexibility index (Phi) is 4.89. The number of hydrogen-bond acceptors (Lipinski definition) is 2. The maximum Gasteiger partial charge on any atom is 0.131 e. The van der Waals surface area contributed by atoms with Crippen LogP contribution in [0.25, 0.3) is 0 Å². The summed E-state index contributed by atoms with van der Waals surface area (Å²) in [4.78, 5) is 0. The van der Waals surface area contributed by atoms with Crippen molar-refractivity contribution in [3.8, 4) is 6.07 Å². The van der Waals surface area contributed by atoms with Crippen LogP contribution in [0.4, 0.5) is 8.78 Å². The molecule has 0 heterocycles. The summed E-state index contributed by atoms with van der Waals surface area (Å²) < 4.78 is 27.5. The molecule has 0 aromatic heterocycles. The Balaban J connectivity index is 2.14. The van der Waals surface area contributed by atoms with E-state index in [0.717, 1.165) is 17.7 Å². The molecule has 21 heavy (non-hydrogen) atoms. The maximum absolute atomic E-state index is 13.8. The van der Waals surface area contributed by atoms with E-state index in [9.17, 15) is 8.78 Å². The van der Waals surface area contributed by atoms with E-state index in [2.05, 4.69) is 5.32 Å². The zero-order valence-electron chi connectivity index (χ0n) is 11.3. The molecule has 0 bridgehead atoms. The van der Waals surface area contributed by atoms with Gasteiger partial charge < -0.3 is 5.32 Å². The standard InChI is InChI=1S/C16H13ClF2N2/c1-10(12-4-2-3-5-14(12)17)21-9-13-15(18)6-11(8-20)7-16(13)19/h2-7,10,21H,9H2,1H3. The van der Waals surface area contributed by atoms with Gasteiger partial charge in [0.25, 0.3) is 0 Å². The van der Waals surface area contributed by atoms with Gasteiger partial charge in [0, 0.05) is 23.2 Å². The molecular formula is C16H13ClF2N2. The number of halogens is 3. The first-order chi connectivity index (χ1) is 10.0. The Bertz CT molecular complexity index is 672. The normalized spacial score (nSPS) is 12.0. The highest BCUT2D eigenvalue weighted by atomic mass is 35.5. The molecular weight excluding hydrogens is 294 g/mol. The van der Waals surface area contributed by atoms with Crippen molar-refractivity contribution >= 4 is 11.6 Å². The summed E-state index contributed by atoms with van der Waals surface area (Å²) >= 11 is 6.08. The SMILES string of the molecule is CC(NCc1c(F)cc(C#N)cc1F)c1ccccc1Cl. The molecule has 1 N–H and O–H groups in total. The van der Waals surface area contributed by atoms with Crippen LogP contribution in [-0.2, 0) is 6.54 Å². The molecule has 0 saturated carbocycles. The van der Waals surface area contributed by atoms with Gasteiger partial charge in [0.05, 0.1) is 11.6 Å². The van der Waals surface area contributed by atoms with E-state index >= 15 is 0 Å². The van der Waals surface area contributed by atoms with E-state index in [-0.39, 0.29) is 23.7 Å². The van der Waals surface area contributed by atoms with Crippen LogP contribution in [0.15, 0.2) is 36.4 Å². The van der Waals surface area contributed by atoms with Crippen LogP contribution < -0.4 is 5.32 Å². The molecule has 108 valence electrons. The number of nitriles is 1. The summed E-state index contributed by atoms with van der Waals surface area (Å²) in [5, 5.41) is 12.3. The monoisotopic (exact) mass is 306 g/mol. The van der Waals surface area contributed by atoms with Gasteiger partial charge in [-0.2, -0.15) is 5.26 Å². The molecule has 0 amide bonds. The average molecular weight is 307 g/mol. The summed E-state index contributed by atoms with van der Waals surface area (Å²) in [5.41, 5.74) is 0.731. The first kappa shape index (κ1) is 15.4. The fraction of sp³-hybridized carbons (Fsp3) is 0.188. The highest BCUT2D eigenvalue weighted by Gasteiger charge is 2.14. The average Bonchev–Trinajstić information content (AvgIpc) is 2.46. The van der Waals surface area contributed by atoms with Gasteiger partial charge in [0.15, 0.2) is 0 Å². The van der Waals surface area contributed by atoms with Crippen LogP contribution in [0.3, 0.4) is 0 Å². The van der Waals surface area contributed by atoms with Gasteiger partial charge in [-0.05, 0) is 30.7 Å². The number of nitrogens with zero attached hydrogens (tertiary/aromatic N) is 1. The number of rotatable bonds is 4. The van der Waals surface area contributed by atoms with Crippen LogP contribution in [0.1, 0.15) is 29.7 Å². The van der Waals surface area contributed by atoms with Crippen LogP contribution in [0, 0.1) is 23.0 Å². The van der Waals surface area contributed by atoms with Crippen molar-refractivity contribution in [3.63, 3.8) is 0 Å². The van der Waals surface area contributed by atoms with Crippen LogP contribution in [-0.4, -0.2) is 0 Å². The molecule has 0 fully saturated rings. The van der Waals surface area contributed by atoms with Gasteiger partial charge in [-0.25, -0.2) is 8.78 Å². The van der Waals surface area contributed by atoms with E-state index < -0.39 is 11.6 Å². The summed E-state index contributed by atoms with van der Waals surface area (Å²) in [6, 6.07) is 10.9. The second-order valence-corrected chi connectivity index (χ2v) is 5.06. The number of nitrogens with one attached hydrogen (secondary N) is 1. The first-order valence-corrected chi connectivity index (χ1v) is 6.76. The molecule has 0 saturated heterocycles. The molecule has 0 aliphatic rings. The highest BCUT2D eigenvalue weighted by Crippen LogP contribution is 2.23. The lowest BCUT2D eigenvalue weighted by atomic mass is 10.1. The lowest BCUT2D eigenvalue weighted by Crippen LogP contribution is -2.20. The molecule has 2 aromatic rings. The zero-order valence-corrected chi connectivity index (χ0v) is 12.1. The Morgan fingerprint density at radius 1 is 1.24 bits per heavy atom. The zero-order chi connectivity index (χ0) is 15.4.